The third-order valence-electron chi connectivity index (χ3n) is 7.24. The van der Waals surface area contributed by atoms with Crippen LogP contribution in [-0.4, -0.2) is 39.7 Å². The van der Waals surface area contributed by atoms with Gasteiger partial charge in [0.05, 0.1) is 6.61 Å². The zero-order chi connectivity index (χ0) is 23.0. The fraction of sp³-hybridized carbons (Fsp3) is 0.462. The SMILES string of the molecule is CCOc1cccc(C=C(C(=O)N2CC3CC2C(C)C(C)(C)C3)n2ccccc2=O)c1O. The van der Waals surface area contributed by atoms with Crippen LogP contribution in [0.15, 0.2) is 47.4 Å². The first-order valence-electron chi connectivity index (χ1n) is 11.4. The van der Waals surface area contributed by atoms with Crippen LogP contribution in [0.3, 0.4) is 0 Å². The number of rotatable bonds is 5. The molecule has 1 saturated carbocycles. The Bertz CT molecular complexity index is 1100. The van der Waals surface area contributed by atoms with E-state index in [1.54, 1.807) is 42.6 Å². The first kappa shape index (κ1) is 22.2. The molecule has 2 bridgehead atoms. The number of amides is 1. The summed E-state index contributed by atoms with van der Waals surface area (Å²) in [5.74, 6) is 0.947. The van der Waals surface area contributed by atoms with Crippen LogP contribution >= 0.6 is 0 Å². The Kier molecular flexibility index (Phi) is 5.89. The van der Waals surface area contributed by atoms with Crippen molar-refractivity contribution in [1.29, 1.82) is 0 Å². The molecule has 2 fully saturated rings. The van der Waals surface area contributed by atoms with E-state index in [2.05, 4.69) is 20.8 Å². The van der Waals surface area contributed by atoms with Crippen molar-refractivity contribution in [2.24, 2.45) is 17.3 Å². The summed E-state index contributed by atoms with van der Waals surface area (Å²) >= 11 is 0. The average molecular weight is 437 g/mol. The molecule has 4 rings (SSSR count). The Morgan fingerprint density at radius 2 is 2.03 bits per heavy atom. The summed E-state index contributed by atoms with van der Waals surface area (Å²) in [6.45, 7) is 9.73. The van der Waals surface area contributed by atoms with E-state index in [1.165, 1.54) is 10.6 Å². The van der Waals surface area contributed by atoms with E-state index in [-0.39, 0.29) is 34.4 Å². The molecule has 3 unspecified atom stereocenters. The number of hydrogen-bond donors (Lipinski definition) is 1. The van der Waals surface area contributed by atoms with Crippen LogP contribution in [0.1, 0.15) is 46.1 Å². The largest absolute Gasteiger partial charge is 0.504 e. The minimum Gasteiger partial charge on any atom is -0.504 e. The summed E-state index contributed by atoms with van der Waals surface area (Å²) in [7, 11) is 0. The third kappa shape index (κ3) is 3.94. The first-order valence-corrected chi connectivity index (χ1v) is 11.4. The quantitative estimate of drug-likeness (QED) is 0.712. The Morgan fingerprint density at radius 1 is 1.25 bits per heavy atom. The molecule has 0 spiro atoms. The molecule has 1 amide bonds. The highest BCUT2D eigenvalue weighted by atomic mass is 16.5. The molecule has 1 aromatic carbocycles. The number of ether oxygens (including phenoxy) is 1. The van der Waals surface area contributed by atoms with E-state index in [0.29, 0.717) is 36.3 Å². The third-order valence-corrected chi connectivity index (χ3v) is 7.24. The molecule has 6 nitrogen and oxygen atoms in total. The fourth-order valence-corrected chi connectivity index (χ4v) is 5.35. The van der Waals surface area contributed by atoms with Gasteiger partial charge in [-0.3, -0.25) is 14.2 Å². The van der Waals surface area contributed by atoms with Crippen LogP contribution < -0.4 is 10.3 Å². The number of nitrogens with zero attached hydrogens (tertiary/aromatic N) is 2. The molecule has 170 valence electrons. The second kappa shape index (κ2) is 8.49. The minimum absolute atomic E-state index is 0.0432. The van der Waals surface area contributed by atoms with Gasteiger partial charge in [0.2, 0.25) is 0 Å². The zero-order valence-corrected chi connectivity index (χ0v) is 19.2. The number of carbonyl (C=O) groups is 1. The Hall–Kier alpha value is -3.02. The number of hydrogen-bond acceptors (Lipinski definition) is 4. The molecule has 32 heavy (non-hydrogen) atoms. The maximum absolute atomic E-state index is 13.9. The number of carbonyl (C=O) groups excluding carboxylic acids is 1. The Labute approximate surface area is 189 Å². The van der Waals surface area contributed by atoms with E-state index < -0.39 is 0 Å². The highest BCUT2D eigenvalue weighted by Crippen LogP contribution is 2.49. The van der Waals surface area contributed by atoms with E-state index in [1.807, 2.05) is 11.8 Å². The summed E-state index contributed by atoms with van der Waals surface area (Å²) < 4.78 is 6.87. The summed E-state index contributed by atoms with van der Waals surface area (Å²) in [4.78, 5) is 28.5. The van der Waals surface area contributed by atoms with Crippen LogP contribution in [0.25, 0.3) is 11.8 Å². The van der Waals surface area contributed by atoms with Crippen molar-refractivity contribution in [3.63, 3.8) is 0 Å². The number of fused-ring (bicyclic) bond motifs is 2. The monoisotopic (exact) mass is 436 g/mol. The van der Waals surface area contributed by atoms with Gasteiger partial charge in [-0.25, -0.2) is 0 Å². The van der Waals surface area contributed by atoms with Gasteiger partial charge in [-0.1, -0.05) is 39.0 Å². The lowest BCUT2D eigenvalue weighted by Gasteiger charge is -2.42. The van der Waals surface area contributed by atoms with Crippen LogP contribution in [0.4, 0.5) is 0 Å². The van der Waals surface area contributed by atoms with Crippen molar-refractivity contribution < 1.29 is 14.6 Å². The second-order valence-electron chi connectivity index (χ2n) is 9.67. The topological polar surface area (TPSA) is 71.8 Å². The highest BCUT2D eigenvalue weighted by molar-refractivity contribution is 6.18. The number of para-hydroxylation sites is 1. The first-order chi connectivity index (χ1) is 15.2. The lowest BCUT2D eigenvalue weighted by molar-refractivity contribution is -0.127. The molecule has 2 aliphatic rings. The zero-order valence-electron chi connectivity index (χ0n) is 19.2. The van der Waals surface area contributed by atoms with Crippen molar-refractivity contribution in [3.8, 4) is 11.5 Å². The molecular formula is C26H32N2O4. The maximum atomic E-state index is 13.9. The van der Waals surface area contributed by atoms with Gasteiger partial charge in [0, 0.05) is 30.4 Å². The molecule has 3 atom stereocenters. The number of pyridine rings is 1. The molecule has 2 aromatic rings. The van der Waals surface area contributed by atoms with Gasteiger partial charge in [0.1, 0.15) is 5.70 Å². The average Bonchev–Trinajstić information content (AvgIpc) is 3.13. The predicted octanol–water partition coefficient (Wildman–Crippen LogP) is 4.23. The lowest BCUT2D eigenvalue weighted by atomic mass is 9.65. The molecule has 0 radical (unpaired) electrons. The number of likely N-dealkylation sites (tertiary alicyclic amines) is 1. The van der Waals surface area contributed by atoms with E-state index in [0.717, 1.165) is 12.8 Å². The van der Waals surface area contributed by atoms with Crippen molar-refractivity contribution in [3.05, 3.63) is 58.5 Å². The maximum Gasteiger partial charge on any atom is 0.271 e. The molecule has 1 aliphatic heterocycles. The molecular weight excluding hydrogens is 404 g/mol. The Morgan fingerprint density at radius 3 is 2.75 bits per heavy atom. The number of benzene rings is 1. The van der Waals surface area contributed by atoms with Gasteiger partial charge < -0.3 is 14.7 Å². The van der Waals surface area contributed by atoms with Crippen LogP contribution in [0, 0.1) is 17.3 Å². The standard InChI is InChI=1S/C26H32N2O4/c1-5-32-22-10-8-9-19(24(22)30)14-21(27-12-7-6-11-23(27)29)25(31)28-16-18-13-20(28)17(2)26(3,4)15-18/h6-12,14,17-18,20,30H,5,13,15-16H2,1-4H3. The normalized spacial score (nSPS) is 24.4. The van der Waals surface area contributed by atoms with Crippen molar-refractivity contribution >= 4 is 17.7 Å². The molecule has 1 N–H and O–H groups in total. The van der Waals surface area contributed by atoms with Crippen LogP contribution in [0.5, 0.6) is 11.5 Å². The Balaban J connectivity index is 1.79. The number of phenolic OH excluding ortho intramolecular Hbond substituents is 1. The van der Waals surface area contributed by atoms with E-state index in [9.17, 15) is 14.7 Å². The van der Waals surface area contributed by atoms with Crippen molar-refractivity contribution in [2.45, 2.75) is 46.6 Å². The van der Waals surface area contributed by atoms with E-state index >= 15 is 0 Å². The van der Waals surface area contributed by atoms with Gasteiger partial charge in [-0.15, -0.1) is 0 Å². The molecule has 2 heterocycles. The lowest BCUT2D eigenvalue weighted by Crippen LogP contribution is -2.45. The minimum atomic E-state index is -0.289. The summed E-state index contributed by atoms with van der Waals surface area (Å²) in [6, 6.07) is 10.1. The summed E-state index contributed by atoms with van der Waals surface area (Å²) in [5.41, 5.74) is 0.547. The highest BCUT2D eigenvalue weighted by Gasteiger charge is 2.49. The molecule has 6 heteroatoms. The van der Waals surface area contributed by atoms with Crippen LogP contribution in [-0.2, 0) is 4.79 Å². The molecule has 1 saturated heterocycles. The van der Waals surface area contributed by atoms with Gasteiger partial charge in [-0.05, 0) is 55.2 Å². The molecule has 1 aromatic heterocycles. The van der Waals surface area contributed by atoms with Gasteiger partial charge in [0.25, 0.3) is 11.5 Å². The van der Waals surface area contributed by atoms with E-state index in [4.69, 9.17) is 4.74 Å². The summed E-state index contributed by atoms with van der Waals surface area (Å²) in [6.07, 6.45) is 5.29. The van der Waals surface area contributed by atoms with Crippen LogP contribution in [0.2, 0.25) is 0 Å². The van der Waals surface area contributed by atoms with Crippen molar-refractivity contribution in [1.82, 2.24) is 9.47 Å². The fourth-order valence-electron chi connectivity index (χ4n) is 5.35. The van der Waals surface area contributed by atoms with Gasteiger partial charge >= 0.3 is 0 Å². The smallest absolute Gasteiger partial charge is 0.271 e. The molecule has 1 aliphatic carbocycles. The predicted molar refractivity (Wildman–Crippen MR) is 125 cm³/mol. The second-order valence-corrected chi connectivity index (χ2v) is 9.67. The number of phenols is 1. The summed E-state index contributed by atoms with van der Waals surface area (Å²) in [5, 5.41) is 10.7. The number of aromatic hydroxyl groups is 1. The number of aromatic nitrogens is 1. The van der Waals surface area contributed by atoms with Crippen molar-refractivity contribution in [2.75, 3.05) is 13.2 Å². The van der Waals surface area contributed by atoms with Gasteiger partial charge in [-0.2, -0.15) is 0 Å². The van der Waals surface area contributed by atoms with Gasteiger partial charge in [0.15, 0.2) is 11.5 Å².